The molecule has 0 saturated carbocycles. The van der Waals surface area contributed by atoms with Crippen LogP contribution in [0, 0.1) is 0 Å². The van der Waals surface area contributed by atoms with Crippen molar-refractivity contribution < 1.29 is 33.7 Å². The predicted octanol–water partition coefficient (Wildman–Crippen LogP) is 0.161. The lowest BCUT2D eigenvalue weighted by atomic mass is 10.1. The first-order valence-electron chi connectivity index (χ1n) is 6.98. The van der Waals surface area contributed by atoms with Crippen LogP contribution in [0.25, 0.3) is 0 Å². The average molecular weight is 340 g/mol. The highest BCUT2D eigenvalue weighted by molar-refractivity contribution is 5.96. The number of methoxy groups -OCH3 is 2. The van der Waals surface area contributed by atoms with Crippen LogP contribution in [-0.2, 0) is 9.59 Å². The van der Waals surface area contributed by atoms with Gasteiger partial charge >= 0.3 is 5.97 Å². The number of hydrogen-bond donors (Lipinski definition) is 3. The number of nitrogens with two attached hydrogens (primary N) is 1. The predicted molar refractivity (Wildman–Crippen MR) is 83.4 cm³/mol. The number of hydrogen-bond acceptors (Lipinski definition) is 6. The molecule has 0 bridgehead atoms. The number of carboxylic acids is 1. The molecule has 0 saturated heterocycles. The second-order valence-electron chi connectivity index (χ2n) is 4.94. The number of carboxylic acid groups (broad SMARTS) is 1. The van der Waals surface area contributed by atoms with Crippen LogP contribution in [0.2, 0.25) is 0 Å². The van der Waals surface area contributed by atoms with Crippen molar-refractivity contribution >= 4 is 17.8 Å². The molecule has 0 aliphatic carbocycles. The second kappa shape index (κ2) is 8.61. The van der Waals surface area contributed by atoms with Gasteiger partial charge in [0.1, 0.15) is 0 Å². The average Bonchev–Trinajstić information content (AvgIpc) is 2.50. The Morgan fingerprint density at radius 3 is 2.17 bits per heavy atom. The zero-order valence-electron chi connectivity index (χ0n) is 13.6. The van der Waals surface area contributed by atoms with Gasteiger partial charge in [-0.05, 0) is 19.1 Å². The number of primary amides is 1. The van der Waals surface area contributed by atoms with E-state index in [1.165, 1.54) is 26.4 Å². The fourth-order valence-corrected chi connectivity index (χ4v) is 1.92. The van der Waals surface area contributed by atoms with Crippen LogP contribution in [0.4, 0.5) is 0 Å². The summed E-state index contributed by atoms with van der Waals surface area (Å²) >= 11 is 0. The molecule has 0 aliphatic heterocycles. The van der Waals surface area contributed by atoms with Gasteiger partial charge in [-0.25, -0.2) is 0 Å². The number of ether oxygens (including phenoxy) is 3. The van der Waals surface area contributed by atoms with Crippen LogP contribution in [0.1, 0.15) is 23.7 Å². The Balaban J connectivity index is 3.06. The van der Waals surface area contributed by atoms with E-state index in [0.29, 0.717) is 0 Å². The lowest BCUT2D eigenvalue weighted by Gasteiger charge is -2.16. The third-order valence-corrected chi connectivity index (χ3v) is 2.94. The van der Waals surface area contributed by atoms with Crippen LogP contribution in [-0.4, -0.2) is 49.8 Å². The second-order valence-corrected chi connectivity index (χ2v) is 4.94. The van der Waals surface area contributed by atoms with Gasteiger partial charge in [-0.15, -0.1) is 0 Å². The van der Waals surface area contributed by atoms with Crippen LogP contribution >= 0.6 is 0 Å². The number of carbonyl (C=O) groups is 3. The molecule has 1 unspecified atom stereocenters. The van der Waals surface area contributed by atoms with Gasteiger partial charge in [0.05, 0.1) is 20.6 Å². The smallest absolute Gasteiger partial charge is 0.305 e. The molecule has 0 heterocycles. The number of amides is 2. The number of carbonyl (C=O) groups excluding carboxylic acids is 2. The normalized spacial score (nSPS) is 11.3. The quantitative estimate of drug-likeness (QED) is 0.582. The zero-order chi connectivity index (χ0) is 18.3. The fourth-order valence-electron chi connectivity index (χ4n) is 1.92. The van der Waals surface area contributed by atoms with Gasteiger partial charge in [0.25, 0.3) is 11.8 Å². The number of rotatable bonds is 9. The van der Waals surface area contributed by atoms with Crippen molar-refractivity contribution in [2.75, 3.05) is 20.8 Å². The first-order chi connectivity index (χ1) is 11.3. The minimum atomic E-state index is -1.02. The molecular weight excluding hydrogens is 320 g/mol. The molecule has 4 N–H and O–H groups in total. The van der Waals surface area contributed by atoms with E-state index in [2.05, 4.69) is 5.32 Å². The van der Waals surface area contributed by atoms with Gasteiger partial charge in [-0.2, -0.15) is 0 Å². The summed E-state index contributed by atoms with van der Waals surface area (Å²) in [6, 6.07) is 2.22. The van der Waals surface area contributed by atoms with Crippen molar-refractivity contribution in [2.45, 2.75) is 19.4 Å². The molecule has 0 aliphatic rings. The lowest BCUT2D eigenvalue weighted by Crippen LogP contribution is -2.34. The summed E-state index contributed by atoms with van der Waals surface area (Å²) in [5.74, 6) is -1.72. The van der Waals surface area contributed by atoms with E-state index in [0.717, 1.165) is 0 Å². The molecule has 9 nitrogen and oxygen atoms in total. The summed E-state index contributed by atoms with van der Waals surface area (Å²) in [5.41, 5.74) is 5.23. The van der Waals surface area contributed by atoms with Gasteiger partial charge in [-0.1, -0.05) is 0 Å². The molecule has 132 valence electrons. The Morgan fingerprint density at radius 1 is 1.21 bits per heavy atom. The number of nitrogens with one attached hydrogen (secondary N) is 1. The Bertz CT molecular complexity index is 605. The minimum Gasteiger partial charge on any atom is -0.493 e. The van der Waals surface area contributed by atoms with Gasteiger partial charge in [0, 0.05) is 11.6 Å². The first kappa shape index (κ1) is 19.1. The Morgan fingerprint density at radius 2 is 1.75 bits per heavy atom. The minimum absolute atomic E-state index is 0.133. The van der Waals surface area contributed by atoms with E-state index in [1.807, 2.05) is 0 Å². The Kier molecular flexibility index (Phi) is 6.84. The van der Waals surface area contributed by atoms with E-state index in [-0.39, 0.29) is 35.8 Å². The Hall–Kier alpha value is -2.97. The van der Waals surface area contributed by atoms with Crippen molar-refractivity contribution in [3.8, 4) is 17.2 Å². The maximum Gasteiger partial charge on any atom is 0.305 e. The highest BCUT2D eigenvalue weighted by Crippen LogP contribution is 2.38. The Labute approximate surface area is 138 Å². The summed E-state index contributed by atoms with van der Waals surface area (Å²) in [6.45, 7) is 1.19. The van der Waals surface area contributed by atoms with Crippen molar-refractivity contribution in [2.24, 2.45) is 5.73 Å². The lowest BCUT2D eigenvalue weighted by molar-refractivity contribution is -0.137. The monoisotopic (exact) mass is 340 g/mol. The molecule has 24 heavy (non-hydrogen) atoms. The molecule has 1 aromatic rings. The number of benzene rings is 1. The van der Waals surface area contributed by atoms with E-state index < -0.39 is 23.8 Å². The van der Waals surface area contributed by atoms with Gasteiger partial charge in [0.15, 0.2) is 18.1 Å². The van der Waals surface area contributed by atoms with Crippen LogP contribution in [0.5, 0.6) is 17.2 Å². The van der Waals surface area contributed by atoms with Crippen LogP contribution in [0.3, 0.4) is 0 Å². The van der Waals surface area contributed by atoms with E-state index >= 15 is 0 Å². The molecule has 0 radical (unpaired) electrons. The molecule has 1 aromatic carbocycles. The summed E-state index contributed by atoms with van der Waals surface area (Å²) in [5, 5.41) is 11.3. The zero-order valence-corrected chi connectivity index (χ0v) is 13.6. The molecule has 0 aromatic heterocycles. The molecule has 2 amide bonds. The van der Waals surface area contributed by atoms with Crippen molar-refractivity contribution in [3.05, 3.63) is 17.7 Å². The maximum atomic E-state index is 12.2. The molecule has 0 fully saturated rings. The fraction of sp³-hybridized carbons (Fsp3) is 0.400. The summed E-state index contributed by atoms with van der Waals surface area (Å²) in [6.07, 6.45) is -0.209. The SMILES string of the molecule is COc1cc(C(=O)NC(C)CC(=O)O)cc(OC)c1OCC(N)=O. The van der Waals surface area contributed by atoms with Crippen LogP contribution < -0.4 is 25.3 Å². The summed E-state index contributed by atoms with van der Waals surface area (Å²) in [7, 11) is 2.72. The van der Waals surface area contributed by atoms with Crippen LogP contribution in [0.15, 0.2) is 12.1 Å². The largest absolute Gasteiger partial charge is 0.493 e. The van der Waals surface area contributed by atoms with E-state index in [4.69, 9.17) is 25.1 Å². The van der Waals surface area contributed by atoms with Crippen molar-refractivity contribution in [1.29, 1.82) is 0 Å². The van der Waals surface area contributed by atoms with Crippen molar-refractivity contribution in [1.82, 2.24) is 5.32 Å². The molecule has 9 heteroatoms. The molecule has 0 spiro atoms. The van der Waals surface area contributed by atoms with E-state index in [9.17, 15) is 14.4 Å². The molecule has 1 atom stereocenters. The summed E-state index contributed by atoms with van der Waals surface area (Å²) < 4.78 is 15.5. The highest BCUT2D eigenvalue weighted by Gasteiger charge is 2.19. The summed E-state index contributed by atoms with van der Waals surface area (Å²) in [4.78, 5) is 33.7. The third-order valence-electron chi connectivity index (χ3n) is 2.94. The highest BCUT2D eigenvalue weighted by atomic mass is 16.5. The topological polar surface area (TPSA) is 137 Å². The third kappa shape index (κ3) is 5.34. The molecule has 1 rings (SSSR count). The number of aliphatic carboxylic acids is 1. The molecular formula is C15H20N2O7. The van der Waals surface area contributed by atoms with Gasteiger partial charge < -0.3 is 30.4 Å². The first-order valence-corrected chi connectivity index (χ1v) is 6.98. The van der Waals surface area contributed by atoms with Gasteiger partial charge in [0.2, 0.25) is 5.75 Å². The van der Waals surface area contributed by atoms with Gasteiger partial charge in [-0.3, -0.25) is 14.4 Å². The van der Waals surface area contributed by atoms with E-state index in [1.54, 1.807) is 6.92 Å². The standard InChI is InChI=1S/C15H20N2O7/c1-8(4-13(19)20)17-15(21)9-5-10(22-2)14(11(6-9)23-3)24-7-12(16)18/h5-6,8H,4,7H2,1-3H3,(H2,16,18)(H,17,21)(H,19,20). The van der Waals surface area contributed by atoms with Crippen molar-refractivity contribution in [3.63, 3.8) is 0 Å². The maximum absolute atomic E-state index is 12.2.